The monoisotopic (exact) mass is 261 g/mol. The molecule has 8 heteroatoms. The highest BCUT2D eigenvalue weighted by Gasteiger charge is 2.16. The standard InChI is InChI=1S/C11H11N5O3/c1-8(11(17)14-15-6-12-13-7-15)9-2-4-10(5-3-9)16(18)19/h2-8H,1H3,(H,14,17). The van der Waals surface area contributed by atoms with Crippen LogP contribution in [0.4, 0.5) is 5.69 Å². The predicted molar refractivity (Wildman–Crippen MR) is 65.9 cm³/mol. The van der Waals surface area contributed by atoms with Gasteiger partial charge in [0, 0.05) is 12.1 Å². The molecule has 0 radical (unpaired) electrons. The van der Waals surface area contributed by atoms with Crippen molar-refractivity contribution in [3.8, 4) is 0 Å². The number of carbonyl (C=O) groups is 1. The van der Waals surface area contributed by atoms with Gasteiger partial charge in [0.15, 0.2) is 0 Å². The van der Waals surface area contributed by atoms with Crippen LogP contribution in [0.5, 0.6) is 0 Å². The van der Waals surface area contributed by atoms with Crippen molar-refractivity contribution in [3.05, 3.63) is 52.6 Å². The van der Waals surface area contributed by atoms with Crippen LogP contribution in [0.2, 0.25) is 0 Å². The minimum atomic E-state index is -0.480. The molecular weight excluding hydrogens is 250 g/mol. The average Bonchev–Trinajstić information content (AvgIpc) is 2.90. The lowest BCUT2D eigenvalue weighted by atomic mass is 10.0. The summed E-state index contributed by atoms with van der Waals surface area (Å²) in [6.07, 6.45) is 2.72. The van der Waals surface area contributed by atoms with Gasteiger partial charge in [-0.2, -0.15) is 0 Å². The largest absolute Gasteiger partial charge is 0.273 e. The van der Waals surface area contributed by atoms with E-state index in [4.69, 9.17) is 0 Å². The molecule has 2 aromatic rings. The van der Waals surface area contributed by atoms with Gasteiger partial charge in [0.25, 0.3) is 5.69 Å². The van der Waals surface area contributed by atoms with E-state index in [0.717, 1.165) is 0 Å². The van der Waals surface area contributed by atoms with Crippen LogP contribution in [0.1, 0.15) is 18.4 Å². The highest BCUT2D eigenvalue weighted by Crippen LogP contribution is 2.19. The van der Waals surface area contributed by atoms with Crippen LogP contribution in [-0.2, 0) is 4.79 Å². The van der Waals surface area contributed by atoms with Crippen molar-refractivity contribution in [3.63, 3.8) is 0 Å². The van der Waals surface area contributed by atoms with E-state index < -0.39 is 10.8 Å². The third kappa shape index (κ3) is 2.92. The lowest BCUT2D eigenvalue weighted by Crippen LogP contribution is -2.26. The van der Waals surface area contributed by atoms with Gasteiger partial charge in [-0.3, -0.25) is 20.3 Å². The van der Waals surface area contributed by atoms with Crippen LogP contribution in [0, 0.1) is 10.1 Å². The molecule has 0 aliphatic carbocycles. The fraction of sp³-hybridized carbons (Fsp3) is 0.182. The third-order valence-corrected chi connectivity index (χ3v) is 2.66. The maximum absolute atomic E-state index is 11.9. The molecule has 1 aromatic carbocycles. The van der Waals surface area contributed by atoms with Gasteiger partial charge in [0.2, 0.25) is 5.91 Å². The Kier molecular flexibility index (Phi) is 3.51. The Morgan fingerprint density at radius 1 is 1.32 bits per heavy atom. The zero-order valence-electron chi connectivity index (χ0n) is 10.1. The van der Waals surface area contributed by atoms with Crippen LogP contribution in [-0.4, -0.2) is 25.7 Å². The van der Waals surface area contributed by atoms with Crippen molar-refractivity contribution in [2.75, 3.05) is 5.43 Å². The van der Waals surface area contributed by atoms with E-state index >= 15 is 0 Å². The van der Waals surface area contributed by atoms with Crippen molar-refractivity contribution < 1.29 is 9.72 Å². The first-order valence-electron chi connectivity index (χ1n) is 5.48. The van der Waals surface area contributed by atoms with E-state index in [2.05, 4.69) is 15.6 Å². The second-order valence-electron chi connectivity index (χ2n) is 3.92. The second kappa shape index (κ2) is 5.25. The summed E-state index contributed by atoms with van der Waals surface area (Å²) < 4.78 is 1.34. The number of carbonyl (C=O) groups excluding carboxylic acids is 1. The minimum Gasteiger partial charge on any atom is -0.273 e. The third-order valence-electron chi connectivity index (χ3n) is 2.66. The van der Waals surface area contributed by atoms with Crippen LogP contribution in [0.25, 0.3) is 0 Å². The van der Waals surface area contributed by atoms with Crippen LogP contribution >= 0.6 is 0 Å². The van der Waals surface area contributed by atoms with Gasteiger partial charge in [0.05, 0.1) is 10.8 Å². The Balaban J connectivity index is 2.08. The topological polar surface area (TPSA) is 103 Å². The Hall–Kier alpha value is -2.77. The number of amides is 1. The number of nitro groups is 1. The van der Waals surface area contributed by atoms with E-state index in [0.29, 0.717) is 5.56 Å². The Labute approximate surface area is 108 Å². The summed E-state index contributed by atoms with van der Waals surface area (Å²) in [4.78, 5) is 22.0. The van der Waals surface area contributed by atoms with Gasteiger partial charge in [-0.05, 0) is 12.5 Å². The zero-order chi connectivity index (χ0) is 13.8. The lowest BCUT2D eigenvalue weighted by molar-refractivity contribution is -0.384. The fourth-order valence-corrected chi connectivity index (χ4v) is 1.52. The molecule has 0 saturated heterocycles. The minimum absolute atomic E-state index is 0.00447. The van der Waals surface area contributed by atoms with Gasteiger partial charge < -0.3 is 0 Å². The highest BCUT2D eigenvalue weighted by atomic mass is 16.6. The van der Waals surface area contributed by atoms with Crippen molar-refractivity contribution in [2.24, 2.45) is 0 Å². The number of aromatic nitrogens is 3. The number of non-ortho nitro benzene ring substituents is 1. The normalized spacial score (nSPS) is 11.8. The quantitative estimate of drug-likeness (QED) is 0.654. The molecule has 0 aliphatic rings. The van der Waals surface area contributed by atoms with Gasteiger partial charge in [-0.1, -0.05) is 12.1 Å². The van der Waals surface area contributed by atoms with E-state index in [-0.39, 0.29) is 11.6 Å². The zero-order valence-corrected chi connectivity index (χ0v) is 10.1. The summed E-state index contributed by atoms with van der Waals surface area (Å²) in [7, 11) is 0. The Bertz CT molecular complexity index is 579. The van der Waals surface area contributed by atoms with E-state index in [9.17, 15) is 14.9 Å². The molecular formula is C11H11N5O3. The first kappa shape index (κ1) is 12.7. The van der Waals surface area contributed by atoms with Crippen LogP contribution in [0.15, 0.2) is 36.9 Å². The number of nitrogens with zero attached hydrogens (tertiary/aromatic N) is 4. The Morgan fingerprint density at radius 3 is 2.42 bits per heavy atom. The van der Waals surface area contributed by atoms with Gasteiger partial charge in [-0.25, -0.2) is 4.68 Å². The number of hydrogen-bond acceptors (Lipinski definition) is 5. The van der Waals surface area contributed by atoms with E-state index in [1.165, 1.54) is 29.5 Å². The van der Waals surface area contributed by atoms with Crippen molar-refractivity contribution >= 4 is 11.6 Å². The molecule has 1 heterocycles. The van der Waals surface area contributed by atoms with Crippen LogP contribution < -0.4 is 5.43 Å². The van der Waals surface area contributed by atoms with Crippen molar-refractivity contribution in [1.82, 2.24) is 14.9 Å². The molecule has 0 fully saturated rings. The molecule has 1 amide bonds. The maximum Gasteiger partial charge on any atom is 0.269 e. The molecule has 1 atom stereocenters. The molecule has 2 rings (SSSR count). The molecule has 98 valence electrons. The number of benzene rings is 1. The molecule has 1 aromatic heterocycles. The smallest absolute Gasteiger partial charge is 0.269 e. The molecule has 1 N–H and O–H groups in total. The van der Waals surface area contributed by atoms with E-state index in [1.54, 1.807) is 19.1 Å². The molecule has 1 unspecified atom stereocenters. The Morgan fingerprint density at radius 2 is 1.89 bits per heavy atom. The first-order chi connectivity index (χ1) is 9.08. The van der Waals surface area contributed by atoms with Crippen LogP contribution in [0.3, 0.4) is 0 Å². The van der Waals surface area contributed by atoms with Gasteiger partial charge in [-0.15, -0.1) is 10.2 Å². The fourth-order valence-electron chi connectivity index (χ4n) is 1.52. The summed E-state index contributed by atoms with van der Waals surface area (Å²) >= 11 is 0. The summed E-state index contributed by atoms with van der Waals surface area (Å²) in [5, 5.41) is 17.7. The molecule has 19 heavy (non-hydrogen) atoms. The van der Waals surface area contributed by atoms with Crippen molar-refractivity contribution in [1.29, 1.82) is 0 Å². The number of hydrogen-bond donors (Lipinski definition) is 1. The van der Waals surface area contributed by atoms with Gasteiger partial charge >= 0.3 is 0 Å². The number of rotatable bonds is 4. The van der Waals surface area contributed by atoms with Gasteiger partial charge in [0.1, 0.15) is 12.7 Å². The highest BCUT2D eigenvalue weighted by molar-refractivity contribution is 5.89. The summed E-state index contributed by atoms with van der Waals surface area (Å²) in [6, 6.07) is 5.87. The lowest BCUT2D eigenvalue weighted by Gasteiger charge is -2.12. The molecule has 0 bridgehead atoms. The molecule has 8 nitrogen and oxygen atoms in total. The number of nitrogens with one attached hydrogen (secondary N) is 1. The first-order valence-corrected chi connectivity index (χ1v) is 5.48. The molecule has 0 aliphatic heterocycles. The summed E-state index contributed by atoms with van der Waals surface area (Å²) in [5.41, 5.74) is 3.26. The second-order valence-corrected chi connectivity index (χ2v) is 3.92. The average molecular weight is 261 g/mol. The number of nitro benzene ring substituents is 1. The maximum atomic E-state index is 11.9. The summed E-state index contributed by atoms with van der Waals surface area (Å²) in [5.74, 6) is -0.697. The summed E-state index contributed by atoms with van der Waals surface area (Å²) in [6.45, 7) is 1.71. The van der Waals surface area contributed by atoms with Crippen molar-refractivity contribution in [2.45, 2.75) is 12.8 Å². The predicted octanol–water partition coefficient (Wildman–Crippen LogP) is 1.06. The molecule has 0 spiro atoms. The van der Waals surface area contributed by atoms with E-state index in [1.807, 2.05) is 0 Å². The molecule has 0 saturated carbocycles. The SMILES string of the molecule is CC(C(=O)Nn1cnnc1)c1ccc([N+](=O)[O-])cc1.